The molecule has 1 aliphatic rings. The molecule has 1 N–H and O–H groups in total. The first kappa shape index (κ1) is 14.7. The predicted octanol–water partition coefficient (Wildman–Crippen LogP) is 2.09. The van der Waals surface area contributed by atoms with E-state index in [-0.39, 0.29) is 15.1 Å². The zero-order valence-electron chi connectivity index (χ0n) is 11.3. The molecular formula is C12H20N2O3S2. The Labute approximate surface area is 117 Å². The Balaban J connectivity index is 2.28. The van der Waals surface area contributed by atoms with E-state index in [1.165, 1.54) is 17.1 Å². The number of nitrogens with zero attached hydrogens (tertiary/aromatic N) is 1. The highest BCUT2D eigenvalue weighted by Crippen LogP contribution is 2.27. The van der Waals surface area contributed by atoms with Gasteiger partial charge in [-0.15, -0.1) is 0 Å². The van der Waals surface area contributed by atoms with Gasteiger partial charge < -0.3 is 4.98 Å². The van der Waals surface area contributed by atoms with Gasteiger partial charge in [-0.3, -0.25) is 4.79 Å². The normalized spacial score (nSPS) is 18.7. The molecule has 1 aliphatic carbocycles. The van der Waals surface area contributed by atoms with Gasteiger partial charge in [0.25, 0.3) is 10.0 Å². The molecule has 1 fully saturated rings. The molecule has 0 saturated heterocycles. The lowest BCUT2D eigenvalue weighted by Crippen LogP contribution is -2.36. The van der Waals surface area contributed by atoms with E-state index in [4.69, 9.17) is 0 Å². The summed E-state index contributed by atoms with van der Waals surface area (Å²) in [4.78, 5) is 13.5. The second-order valence-electron chi connectivity index (χ2n) is 5.09. The standard InChI is InChI=1S/C12H20N2O3S2/c1-9-11(18-12(15)13-9)19(16,17)14(2)10-7-5-3-4-6-8-10/h10H,3-8H2,1-2H3,(H,13,15). The molecule has 19 heavy (non-hydrogen) atoms. The van der Waals surface area contributed by atoms with Crippen LogP contribution in [0.15, 0.2) is 9.00 Å². The van der Waals surface area contributed by atoms with Gasteiger partial charge in [-0.25, -0.2) is 8.42 Å². The van der Waals surface area contributed by atoms with E-state index < -0.39 is 10.0 Å². The lowest BCUT2D eigenvalue weighted by molar-refractivity contribution is 0.336. The van der Waals surface area contributed by atoms with Crippen molar-refractivity contribution in [3.63, 3.8) is 0 Å². The second-order valence-corrected chi connectivity index (χ2v) is 8.27. The van der Waals surface area contributed by atoms with Crippen molar-refractivity contribution in [2.24, 2.45) is 0 Å². The maximum atomic E-state index is 12.6. The van der Waals surface area contributed by atoms with Crippen LogP contribution in [0.2, 0.25) is 0 Å². The number of H-pyrrole nitrogens is 1. The van der Waals surface area contributed by atoms with Gasteiger partial charge in [-0.1, -0.05) is 37.0 Å². The minimum Gasteiger partial charge on any atom is -0.315 e. The number of nitrogens with one attached hydrogen (secondary N) is 1. The number of hydrogen-bond acceptors (Lipinski definition) is 4. The second kappa shape index (κ2) is 5.76. The predicted molar refractivity (Wildman–Crippen MR) is 76.1 cm³/mol. The van der Waals surface area contributed by atoms with Crippen molar-refractivity contribution < 1.29 is 8.42 Å². The maximum absolute atomic E-state index is 12.6. The Hall–Kier alpha value is -0.660. The third kappa shape index (κ3) is 3.09. The molecule has 5 nitrogen and oxygen atoms in total. The van der Waals surface area contributed by atoms with Crippen molar-refractivity contribution in [3.05, 3.63) is 15.4 Å². The third-order valence-corrected chi connectivity index (χ3v) is 7.23. The molecule has 0 spiro atoms. The van der Waals surface area contributed by atoms with Crippen molar-refractivity contribution >= 4 is 21.4 Å². The minimum atomic E-state index is -3.54. The smallest absolute Gasteiger partial charge is 0.305 e. The summed E-state index contributed by atoms with van der Waals surface area (Å²) >= 11 is 0.778. The van der Waals surface area contributed by atoms with Crippen LogP contribution in [0.25, 0.3) is 0 Å². The van der Waals surface area contributed by atoms with Crippen LogP contribution in [0, 0.1) is 6.92 Å². The Bertz CT molecular complexity index is 580. The molecule has 1 heterocycles. The van der Waals surface area contributed by atoms with Crippen molar-refractivity contribution in [2.75, 3.05) is 7.05 Å². The molecule has 0 aliphatic heterocycles. The molecule has 0 bridgehead atoms. The first-order chi connectivity index (χ1) is 8.93. The van der Waals surface area contributed by atoms with Crippen LogP contribution < -0.4 is 4.87 Å². The number of hydrogen-bond donors (Lipinski definition) is 1. The van der Waals surface area contributed by atoms with Crippen molar-refractivity contribution in [2.45, 2.75) is 55.7 Å². The fourth-order valence-corrected chi connectivity index (χ4v) is 5.47. The third-order valence-electron chi connectivity index (χ3n) is 3.73. The summed E-state index contributed by atoms with van der Waals surface area (Å²) in [5.41, 5.74) is 0.440. The van der Waals surface area contributed by atoms with Crippen molar-refractivity contribution in [1.82, 2.24) is 9.29 Å². The van der Waals surface area contributed by atoms with Crippen LogP contribution in [0.1, 0.15) is 44.2 Å². The lowest BCUT2D eigenvalue weighted by Gasteiger charge is -2.25. The molecule has 0 aromatic carbocycles. The van der Waals surface area contributed by atoms with E-state index >= 15 is 0 Å². The zero-order chi connectivity index (χ0) is 14.0. The van der Waals surface area contributed by atoms with Crippen LogP contribution in [0.4, 0.5) is 0 Å². The van der Waals surface area contributed by atoms with Crippen LogP contribution in [-0.2, 0) is 10.0 Å². The topological polar surface area (TPSA) is 70.2 Å². The Morgan fingerprint density at radius 2 is 1.79 bits per heavy atom. The van der Waals surface area contributed by atoms with Crippen LogP contribution in [0.3, 0.4) is 0 Å². The summed E-state index contributed by atoms with van der Waals surface area (Å²) in [6, 6.07) is 0.0594. The van der Waals surface area contributed by atoms with Crippen molar-refractivity contribution in [3.8, 4) is 0 Å². The molecule has 7 heteroatoms. The van der Waals surface area contributed by atoms with E-state index in [0.717, 1.165) is 37.0 Å². The maximum Gasteiger partial charge on any atom is 0.305 e. The largest absolute Gasteiger partial charge is 0.315 e. The fraction of sp³-hybridized carbons (Fsp3) is 0.750. The Kier molecular flexibility index (Phi) is 4.47. The number of sulfonamides is 1. The minimum absolute atomic E-state index is 0.0594. The summed E-state index contributed by atoms with van der Waals surface area (Å²) in [6.45, 7) is 1.63. The molecule has 108 valence electrons. The molecular weight excluding hydrogens is 284 g/mol. The number of aromatic amines is 1. The number of aryl methyl sites for hydroxylation is 1. The highest BCUT2D eigenvalue weighted by molar-refractivity contribution is 7.91. The highest BCUT2D eigenvalue weighted by Gasteiger charge is 2.31. The van der Waals surface area contributed by atoms with Gasteiger partial charge in [-0.2, -0.15) is 4.31 Å². The lowest BCUT2D eigenvalue weighted by atomic mass is 10.1. The van der Waals surface area contributed by atoms with E-state index in [2.05, 4.69) is 4.98 Å². The SMILES string of the molecule is Cc1[nH]c(=O)sc1S(=O)(=O)N(C)C1CCCCCC1. The first-order valence-corrected chi connectivity index (χ1v) is 8.86. The molecule has 1 saturated carbocycles. The fourth-order valence-electron chi connectivity index (χ4n) is 2.58. The molecule has 0 atom stereocenters. The molecule has 1 aromatic heterocycles. The Morgan fingerprint density at radius 3 is 2.26 bits per heavy atom. The van der Waals surface area contributed by atoms with Gasteiger partial charge >= 0.3 is 4.87 Å². The van der Waals surface area contributed by atoms with Gasteiger partial charge in [0.2, 0.25) is 0 Å². The van der Waals surface area contributed by atoms with E-state index in [1.807, 2.05) is 0 Å². The van der Waals surface area contributed by atoms with E-state index in [9.17, 15) is 13.2 Å². The average Bonchev–Trinajstić information content (AvgIpc) is 2.58. The summed E-state index contributed by atoms with van der Waals surface area (Å²) in [6.07, 6.45) is 6.34. The molecule has 0 amide bonds. The average molecular weight is 304 g/mol. The molecule has 1 aromatic rings. The monoisotopic (exact) mass is 304 g/mol. The Morgan fingerprint density at radius 1 is 1.21 bits per heavy atom. The van der Waals surface area contributed by atoms with Crippen molar-refractivity contribution in [1.29, 1.82) is 0 Å². The highest BCUT2D eigenvalue weighted by atomic mass is 32.2. The molecule has 0 unspecified atom stereocenters. The van der Waals surface area contributed by atoms with Gasteiger partial charge in [0.1, 0.15) is 0 Å². The zero-order valence-corrected chi connectivity index (χ0v) is 12.9. The van der Waals surface area contributed by atoms with E-state index in [1.54, 1.807) is 14.0 Å². The molecule has 0 radical (unpaired) electrons. The van der Waals surface area contributed by atoms with Gasteiger partial charge in [-0.05, 0) is 19.8 Å². The number of aromatic nitrogens is 1. The quantitative estimate of drug-likeness (QED) is 0.869. The van der Waals surface area contributed by atoms with Crippen LogP contribution in [0.5, 0.6) is 0 Å². The number of rotatable bonds is 3. The number of thiazole rings is 1. The van der Waals surface area contributed by atoms with E-state index in [0.29, 0.717) is 5.69 Å². The summed E-state index contributed by atoms with van der Waals surface area (Å²) in [7, 11) is -1.91. The summed E-state index contributed by atoms with van der Waals surface area (Å²) < 4.78 is 26.7. The first-order valence-electron chi connectivity index (χ1n) is 6.60. The van der Waals surface area contributed by atoms with Gasteiger partial charge in [0.15, 0.2) is 4.21 Å². The van der Waals surface area contributed by atoms with Crippen LogP contribution in [-0.4, -0.2) is 30.8 Å². The van der Waals surface area contributed by atoms with Gasteiger partial charge in [0, 0.05) is 18.8 Å². The van der Waals surface area contributed by atoms with Gasteiger partial charge in [0.05, 0.1) is 0 Å². The summed E-state index contributed by atoms with van der Waals surface area (Å²) in [5.74, 6) is 0. The van der Waals surface area contributed by atoms with Crippen LogP contribution >= 0.6 is 11.3 Å². The molecule has 2 rings (SSSR count). The summed E-state index contributed by atoms with van der Waals surface area (Å²) in [5, 5.41) is 0.